The van der Waals surface area contributed by atoms with Gasteiger partial charge in [-0.05, 0) is 24.1 Å². The summed E-state index contributed by atoms with van der Waals surface area (Å²) in [5, 5.41) is 9.64. The molecule has 112 valence electrons. The maximum Gasteiger partial charge on any atom is 0.229 e. The van der Waals surface area contributed by atoms with Crippen molar-refractivity contribution in [2.45, 2.75) is 19.8 Å². The van der Waals surface area contributed by atoms with Crippen LogP contribution < -0.4 is 14.8 Å². The first-order valence-electron chi connectivity index (χ1n) is 6.71. The highest BCUT2D eigenvalue weighted by Crippen LogP contribution is 2.27. The van der Waals surface area contributed by atoms with Gasteiger partial charge in [-0.2, -0.15) is 5.10 Å². The maximum absolute atomic E-state index is 12.0. The first-order valence-corrected chi connectivity index (χ1v) is 6.71. The molecule has 21 heavy (non-hydrogen) atoms. The number of aryl methyl sites for hydroxylation is 1. The topological polar surface area (TPSA) is 76.2 Å². The van der Waals surface area contributed by atoms with E-state index in [1.807, 2.05) is 19.1 Å². The summed E-state index contributed by atoms with van der Waals surface area (Å²) in [5.41, 5.74) is 1.83. The number of carbonyl (C=O) groups is 1. The summed E-state index contributed by atoms with van der Waals surface area (Å²) in [7, 11) is 3.14. The Morgan fingerprint density at radius 2 is 2.00 bits per heavy atom. The summed E-state index contributed by atoms with van der Waals surface area (Å²) >= 11 is 0. The van der Waals surface area contributed by atoms with Gasteiger partial charge in [-0.1, -0.05) is 13.0 Å². The average Bonchev–Trinajstić information content (AvgIpc) is 2.94. The van der Waals surface area contributed by atoms with Crippen LogP contribution in [0.2, 0.25) is 0 Å². The number of anilines is 1. The number of ether oxygens (including phenoxy) is 2. The number of amides is 1. The summed E-state index contributed by atoms with van der Waals surface area (Å²) in [4.78, 5) is 12.0. The quantitative estimate of drug-likeness (QED) is 0.854. The second-order valence-corrected chi connectivity index (χ2v) is 4.55. The Balaban J connectivity index is 2.02. The molecule has 0 unspecified atom stereocenters. The number of hydrogen-bond acceptors (Lipinski definition) is 4. The molecule has 1 aromatic heterocycles. The minimum absolute atomic E-state index is 0.128. The molecule has 0 bridgehead atoms. The summed E-state index contributed by atoms with van der Waals surface area (Å²) in [6.07, 6.45) is 1.09. The third kappa shape index (κ3) is 3.75. The number of benzene rings is 1. The molecule has 1 heterocycles. The third-order valence-electron chi connectivity index (χ3n) is 3.09. The minimum atomic E-state index is -0.128. The molecule has 1 aromatic carbocycles. The molecule has 0 fully saturated rings. The predicted molar refractivity (Wildman–Crippen MR) is 79.8 cm³/mol. The highest BCUT2D eigenvalue weighted by molar-refractivity contribution is 5.91. The summed E-state index contributed by atoms with van der Waals surface area (Å²) in [5.74, 6) is 1.66. The predicted octanol–water partition coefficient (Wildman–Crippen LogP) is 2.17. The van der Waals surface area contributed by atoms with Crippen molar-refractivity contribution < 1.29 is 14.3 Å². The number of carbonyl (C=O) groups excluding carboxylic acids is 1. The van der Waals surface area contributed by atoms with Crippen molar-refractivity contribution in [1.29, 1.82) is 0 Å². The smallest absolute Gasteiger partial charge is 0.229 e. The van der Waals surface area contributed by atoms with Gasteiger partial charge in [-0.3, -0.25) is 9.89 Å². The Hall–Kier alpha value is -2.50. The fourth-order valence-corrected chi connectivity index (χ4v) is 1.97. The van der Waals surface area contributed by atoms with Gasteiger partial charge < -0.3 is 14.8 Å². The molecule has 2 aromatic rings. The second kappa shape index (κ2) is 6.78. The highest BCUT2D eigenvalue weighted by Gasteiger charge is 2.10. The molecular weight excluding hydrogens is 270 g/mol. The van der Waals surface area contributed by atoms with E-state index >= 15 is 0 Å². The van der Waals surface area contributed by atoms with Crippen molar-refractivity contribution in [2.75, 3.05) is 19.5 Å². The molecule has 0 radical (unpaired) electrons. The molecule has 0 spiro atoms. The molecule has 2 N–H and O–H groups in total. The van der Waals surface area contributed by atoms with Crippen LogP contribution in [-0.4, -0.2) is 30.3 Å². The van der Waals surface area contributed by atoms with E-state index < -0.39 is 0 Å². The fourth-order valence-electron chi connectivity index (χ4n) is 1.97. The van der Waals surface area contributed by atoms with Crippen LogP contribution in [0.15, 0.2) is 24.3 Å². The average molecular weight is 289 g/mol. The summed E-state index contributed by atoms with van der Waals surface area (Å²) in [6.45, 7) is 2.02. The summed E-state index contributed by atoms with van der Waals surface area (Å²) < 4.78 is 10.4. The molecule has 6 heteroatoms. The van der Waals surface area contributed by atoms with Gasteiger partial charge in [0.05, 0.1) is 20.6 Å². The van der Waals surface area contributed by atoms with Gasteiger partial charge in [0.2, 0.25) is 5.91 Å². The zero-order valence-electron chi connectivity index (χ0n) is 12.4. The number of rotatable bonds is 6. The number of aromatic amines is 1. The monoisotopic (exact) mass is 289 g/mol. The molecule has 0 saturated heterocycles. The van der Waals surface area contributed by atoms with Crippen LogP contribution in [0.3, 0.4) is 0 Å². The van der Waals surface area contributed by atoms with Crippen LogP contribution in [0.1, 0.15) is 18.2 Å². The molecule has 0 saturated carbocycles. The number of methoxy groups -OCH3 is 2. The van der Waals surface area contributed by atoms with Crippen molar-refractivity contribution >= 4 is 11.7 Å². The zero-order chi connectivity index (χ0) is 15.2. The molecular formula is C15H19N3O3. The fraction of sp³-hybridized carbons (Fsp3) is 0.333. The van der Waals surface area contributed by atoms with Crippen LogP contribution in [0, 0.1) is 0 Å². The van der Waals surface area contributed by atoms with E-state index in [4.69, 9.17) is 9.47 Å². The van der Waals surface area contributed by atoms with Crippen molar-refractivity contribution in [3.8, 4) is 11.5 Å². The largest absolute Gasteiger partial charge is 0.493 e. The van der Waals surface area contributed by atoms with Gasteiger partial charge in [0.1, 0.15) is 0 Å². The normalized spacial score (nSPS) is 10.2. The van der Waals surface area contributed by atoms with Gasteiger partial charge in [0, 0.05) is 11.8 Å². The Bertz CT molecular complexity index is 622. The van der Waals surface area contributed by atoms with Gasteiger partial charge in [0.25, 0.3) is 0 Å². The Morgan fingerprint density at radius 1 is 1.24 bits per heavy atom. The van der Waals surface area contributed by atoms with Crippen LogP contribution in [0.4, 0.5) is 5.82 Å². The van der Waals surface area contributed by atoms with E-state index in [9.17, 15) is 4.79 Å². The molecule has 6 nitrogen and oxygen atoms in total. The number of hydrogen-bond donors (Lipinski definition) is 2. The Kier molecular flexibility index (Phi) is 4.81. The lowest BCUT2D eigenvalue weighted by Crippen LogP contribution is -2.14. The van der Waals surface area contributed by atoms with Crippen molar-refractivity contribution in [3.05, 3.63) is 35.5 Å². The molecule has 0 aliphatic heterocycles. The molecule has 2 rings (SSSR count). The molecule has 1 amide bonds. The van der Waals surface area contributed by atoms with E-state index in [1.54, 1.807) is 26.4 Å². The first kappa shape index (κ1) is 14.9. The number of aromatic nitrogens is 2. The highest BCUT2D eigenvalue weighted by atomic mass is 16.5. The van der Waals surface area contributed by atoms with Crippen LogP contribution in [0.25, 0.3) is 0 Å². The SMILES string of the molecule is CCc1cc(NC(=O)Cc2ccc(OC)c(OC)c2)n[nH]1. The van der Waals surface area contributed by atoms with Crippen molar-refractivity contribution in [2.24, 2.45) is 0 Å². The van der Waals surface area contributed by atoms with Crippen LogP contribution in [0.5, 0.6) is 11.5 Å². The minimum Gasteiger partial charge on any atom is -0.493 e. The second-order valence-electron chi connectivity index (χ2n) is 4.55. The van der Waals surface area contributed by atoms with Crippen LogP contribution in [-0.2, 0) is 17.6 Å². The number of nitrogens with zero attached hydrogens (tertiary/aromatic N) is 1. The van der Waals surface area contributed by atoms with Gasteiger partial charge >= 0.3 is 0 Å². The lowest BCUT2D eigenvalue weighted by atomic mass is 10.1. The third-order valence-corrected chi connectivity index (χ3v) is 3.09. The molecule has 0 atom stereocenters. The lowest BCUT2D eigenvalue weighted by molar-refractivity contribution is -0.115. The van der Waals surface area contributed by atoms with Gasteiger partial charge in [-0.15, -0.1) is 0 Å². The first-order chi connectivity index (χ1) is 10.2. The van der Waals surface area contributed by atoms with Crippen LogP contribution >= 0.6 is 0 Å². The molecule has 0 aliphatic carbocycles. The summed E-state index contributed by atoms with van der Waals surface area (Å²) in [6, 6.07) is 7.24. The standard InChI is InChI=1S/C15H19N3O3/c1-4-11-9-14(18-17-11)16-15(19)8-10-5-6-12(20-2)13(7-10)21-3/h5-7,9H,4,8H2,1-3H3,(H2,16,17,18,19). The number of nitrogens with one attached hydrogen (secondary N) is 2. The lowest BCUT2D eigenvalue weighted by Gasteiger charge is -2.09. The number of H-pyrrole nitrogens is 1. The Labute approximate surface area is 123 Å². The van der Waals surface area contributed by atoms with E-state index in [-0.39, 0.29) is 12.3 Å². The molecule has 0 aliphatic rings. The van der Waals surface area contributed by atoms with E-state index in [1.165, 1.54) is 0 Å². The van der Waals surface area contributed by atoms with E-state index in [2.05, 4.69) is 15.5 Å². The van der Waals surface area contributed by atoms with Gasteiger partial charge in [0.15, 0.2) is 17.3 Å². The van der Waals surface area contributed by atoms with E-state index in [0.717, 1.165) is 17.7 Å². The van der Waals surface area contributed by atoms with Crippen molar-refractivity contribution in [1.82, 2.24) is 10.2 Å². The Morgan fingerprint density at radius 3 is 2.62 bits per heavy atom. The maximum atomic E-state index is 12.0. The zero-order valence-corrected chi connectivity index (χ0v) is 12.4. The van der Waals surface area contributed by atoms with Gasteiger partial charge in [-0.25, -0.2) is 0 Å². The van der Waals surface area contributed by atoms with Crippen molar-refractivity contribution in [3.63, 3.8) is 0 Å². The van der Waals surface area contributed by atoms with E-state index in [0.29, 0.717) is 17.3 Å².